The number of halogens is 2. The van der Waals surface area contributed by atoms with Crippen LogP contribution in [0.4, 0.5) is 5.82 Å². The minimum atomic E-state index is 0.257. The lowest BCUT2D eigenvalue weighted by atomic mass is 10.1. The number of nitrogens with zero attached hydrogens (tertiary/aromatic N) is 2. The molecular formula is C10H5Br2N3. The van der Waals surface area contributed by atoms with Crippen LogP contribution in [0.15, 0.2) is 27.1 Å². The van der Waals surface area contributed by atoms with Crippen LogP contribution in [-0.2, 0) is 0 Å². The zero-order valence-electron chi connectivity index (χ0n) is 7.46. The quantitative estimate of drug-likeness (QED) is 0.808. The van der Waals surface area contributed by atoms with E-state index >= 15 is 0 Å². The van der Waals surface area contributed by atoms with Crippen molar-refractivity contribution in [2.24, 2.45) is 0 Å². The molecule has 0 aliphatic rings. The Kier molecular flexibility index (Phi) is 2.63. The van der Waals surface area contributed by atoms with Crippen LogP contribution < -0.4 is 5.73 Å². The van der Waals surface area contributed by atoms with E-state index in [0.29, 0.717) is 5.56 Å². The first-order valence-electron chi connectivity index (χ1n) is 4.07. The van der Waals surface area contributed by atoms with Crippen molar-refractivity contribution in [3.63, 3.8) is 0 Å². The zero-order chi connectivity index (χ0) is 11.0. The highest BCUT2D eigenvalue weighted by molar-refractivity contribution is 9.11. The van der Waals surface area contributed by atoms with E-state index in [0.717, 1.165) is 19.8 Å². The fourth-order valence-electron chi connectivity index (χ4n) is 1.31. The van der Waals surface area contributed by atoms with Gasteiger partial charge in [0.15, 0.2) is 0 Å². The minimum Gasteiger partial charge on any atom is -0.383 e. The van der Waals surface area contributed by atoms with Gasteiger partial charge in [-0.25, -0.2) is 4.98 Å². The molecule has 1 aromatic carbocycles. The summed E-state index contributed by atoms with van der Waals surface area (Å²) in [6, 6.07) is 7.52. The predicted molar refractivity (Wildman–Crippen MR) is 66.3 cm³/mol. The number of hydrogen-bond donors (Lipinski definition) is 1. The van der Waals surface area contributed by atoms with Crippen LogP contribution in [0, 0.1) is 11.3 Å². The van der Waals surface area contributed by atoms with Gasteiger partial charge in [0.25, 0.3) is 0 Å². The van der Waals surface area contributed by atoms with Crippen molar-refractivity contribution in [2.75, 3.05) is 5.73 Å². The van der Waals surface area contributed by atoms with E-state index in [1.807, 2.05) is 18.2 Å². The van der Waals surface area contributed by atoms with Crippen LogP contribution >= 0.6 is 31.9 Å². The topological polar surface area (TPSA) is 62.7 Å². The molecule has 1 aromatic heterocycles. The van der Waals surface area contributed by atoms with Gasteiger partial charge in [0.2, 0.25) is 0 Å². The zero-order valence-corrected chi connectivity index (χ0v) is 10.6. The summed E-state index contributed by atoms with van der Waals surface area (Å²) in [7, 11) is 0. The Morgan fingerprint density at radius 2 is 2.00 bits per heavy atom. The van der Waals surface area contributed by atoms with Gasteiger partial charge in [-0.05, 0) is 34.1 Å². The Morgan fingerprint density at radius 3 is 2.67 bits per heavy atom. The molecule has 2 aromatic rings. The second-order valence-electron chi connectivity index (χ2n) is 2.99. The largest absolute Gasteiger partial charge is 0.383 e. The second-order valence-corrected chi connectivity index (χ2v) is 4.76. The number of nitriles is 1. The molecule has 0 saturated carbocycles. The first kappa shape index (κ1) is 10.4. The summed E-state index contributed by atoms with van der Waals surface area (Å²) in [5.41, 5.74) is 6.79. The molecule has 0 atom stereocenters. The average molecular weight is 327 g/mol. The number of nitrogens with two attached hydrogens (primary N) is 1. The van der Waals surface area contributed by atoms with Crippen molar-refractivity contribution in [2.45, 2.75) is 0 Å². The fraction of sp³-hybridized carbons (Fsp3) is 0. The van der Waals surface area contributed by atoms with Crippen molar-refractivity contribution >= 4 is 48.6 Å². The lowest BCUT2D eigenvalue weighted by Crippen LogP contribution is -1.95. The van der Waals surface area contributed by atoms with Crippen molar-refractivity contribution in [1.82, 2.24) is 4.98 Å². The van der Waals surface area contributed by atoms with E-state index in [4.69, 9.17) is 11.0 Å². The van der Waals surface area contributed by atoms with Gasteiger partial charge in [-0.3, -0.25) is 0 Å². The lowest BCUT2D eigenvalue weighted by molar-refractivity contribution is 1.37. The minimum absolute atomic E-state index is 0.257. The Morgan fingerprint density at radius 1 is 1.27 bits per heavy atom. The summed E-state index contributed by atoms with van der Waals surface area (Å²) in [4.78, 5) is 4.17. The molecule has 0 saturated heterocycles. The molecule has 2 N–H and O–H groups in total. The van der Waals surface area contributed by atoms with E-state index in [2.05, 4.69) is 36.8 Å². The molecule has 0 fully saturated rings. The van der Waals surface area contributed by atoms with Crippen molar-refractivity contribution in [1.29, 1.82) is 5.26 Å². The van der Waals surface area contributed by atoms with Crippen molar-refractivity contribution in [3.05, 3.63) is 32.7 Å². The smallest absolute Gasteiger partial charge is 0.142 e. The number of benzene rings is 1. The number of nitrogen functional groups attached to an aromatic ring is 1. The first-order valence-corrected chi connectivity index (χ1v) is 5.66. The van der Waals surface area contributed by atoms with E-state index in [1.165, 1.54) is 0 Å². The molecule has 0 spiro atoms. The number of anilines is 1. The maximum absolute atomic E-state index is 8.82. The number of hydrogen-bond acceptors (Lipinski definition) is 3. The van der Waals surface area contributed by atoms with Crippen LogP contribution in [0.5, 0.6) is 0 Å². The third kappa shape index (κ3) is 1.83. The number of pyridine rings is 1. The molecule has 74 valence electrons. The molecule has 0 radical (unpaired) electrons. The van der Waals surface area contributed by atoms with Gasteiger partial charge in [0.1, 0.15) is 11.9 Å². The molecule has 5 heteroatoms. The highest BCUT2D eigenvalue weighted by Gasteiger charge is 2.07. The van der Waals surface area contributed by atoms with Crippen molar-refractivity contribution < 1.29 is 0 Å². The molecule has 2 rings (SSSR count). The normalized spacial score (nSPS) is 10.2. The standard InChI is InChI=1S/C10H5Br2N3/c11-7-2-5-1-6(4-13)10(14)15-9(5)8(12)3-7/h1-3H,(H2,14,15). The van der Waals surface area contributed by atoms with Crippen LogP contribution in [0.1, 0.15) is 5.56 Å². The summed E-state index contributed by atoms with van der Waals surface area (Å²) in [6.45, 7) is 0. The van der Waals surface area contributed by atoms with Gasteiger partial charge >= 0.3 is 0 Å². The SMILES string of the molecule is N#Cc1cc2cc(Br)cc(Br)c2nc1N. The average Bonchev–Trinajstić information content (AvgIpc) is 2.18. The van der Waals surface area contributed by atoms with Gasteiger partial charge < -0.3 is 5.73 Å². The Hall–Kier alpha value is -1.12. The van der Waals surface area contributed by atoms with E-state index < -0.39 is 0 Å². The first-order chi connectivity index (χ1) is 7.11. The van der Waals surface area contributed by atoms with Crippen LogP contribution in [0.2, 0.25) is 0 Å². The molecule has 0 amide bonds. The predicted octanol–water partition coefficient (Wildman–Crippen LogP) is 3.21. The van der Waals surface area contributed by atoms with Crippen molar-refractivity contribution in [3.8, 4) is 6.07 Å². The Labute approximate surface area is 103 Å². The van der Waals surface area contributed by atoms with Crippen LogP contribution in [0.3, 0.4) is 0 Å². The Bertz CT molecular complexity index is 587. The summed E-state index contributed by atoms with van der Waals surface area (Å²) in [6.07, 6.45) is 0. The molecule has 3 nitrogen and oxygen atoms in total. The molecule has 0 aliphatic carbocycles. The van der Waals surface area contributed by atoms with Gasteiger partial charge in [-0.2, -0.15) is 5.26 Å². The van der Waals surface area contributed by atoms with E-state index in [1.54, 1.807) is 6.07 Å². The van der Waals surface area contributed by atoms with Gasteiger partial charge in [-0.1, -0.05) is 15.9 Å². The fourth-order valence-corrected chi connectivity index (χ4v) is 2.66. The highest BCUT2D eigenvalue weighted by Crippen LogP contribution is 2.28. The maximum atomic E-state index is 8.82. The highest BCUT2D eigenvalue weighted by atomic mass is 79.9. The second kappa shape index (κ2) is 3.80. The van der Waals surface area contributed by atoms with Crippen LogP contribution in [-0.4, -0.2) is 4.98 Å². The van der Waals surface area contributed by atoms with Gasteiger partial charge in [0, 0.05) is 14.3 Å². The molecule has 1 heterocycles. The number of aromatic nitrogens is 1. The third-order valence-corrected chi connectivity index (χ3v) is 3.05. The monoisotopic (exact) mass is 325 g/mol. The molecule has 0 bridgehead atoms. The summed E-state index contributed by atoms with van der Waals surface area (Å²) >= 11 is 6.77. The molecule has 15 heavy (non-hydrogen) atoms. The molecular weight excluding hydrogens is 322 g/mol. The summed E-state index contributed by atoms with van der Waals surface area (Å²) < 4.78 is 1.78. The Balaban J connectivity index is 2.89. The number of rotatable bonds is 0. The summed E-state index contributed by atoms with van der Waals surface area (Å²) in [5, 5.41) is 9.70. The lowest BCUT2D eigenvalue weighted by Gasteiger charge is -2.03. The third-order valence-electron chi connectivity index (χ3n) is 1.99. The maximum Gasteiger partial charge on any atom is 0.142 e. The van der Waals surface area contributed by atoms with E-state index in [9.17, 15) is 0 Å². The van der Waals surface area contributed by atoms with Gasteiger partial charge in [-0.15, -0.1) is 0 Å². The molecule has 0 unspecified atom stereocenters. The number of fused-ring (bicyclic) bond motifs is 1. The van der Waals surface area contributed by atoms with Crippen LogP contribution in [0.25, 0.3) is 10.9 Å². The van der Waals surface area contributed by atoms with E-state index in [-0.39, 0.29) is 5.82 Å². The molecule has 0 aliphatic heterocycles. The van der Waals surface area contributed by atoms with Gasteiger partial charge in [0.05, 0.1) is 11.1 Å². The summed E-state index contributed by atoms with van der Waals surface area (Å²) in [5.74, 6) is 0.257.